The number of fused-ring (bicyclic) bond motifs is 2. The Morgan fingerprint density at radius 1 is 1.19 bits per heavy atom. The minimum absolute atomic E-state index is 0.00572. The van der Waals surface area contributed by atoms with Crippen LogP contribution in [0.25, 0.3) is 10.9 Å². The van der Waals surface area contributed by atoms with Gasteiger partial charge in [-0.05, 0) is 50.9 Å². The molecule has 8 nitrogen and oxygen atoms in total. The van der Waals surface area contributed by atoms with Crippen molar-refractivity contribution in [3.63, 3.8) is 0 Å². The average molecular weight is 430 g/mol. The van der Waals surface area contributed by atoms with Gasteiger partial charge in [0, 0.05) is 37.7 Å². The maximum absolute atomic E-state index is 13.2. The van der Waals surface area contributed by atoms with Crippen LogP contribution >= 0.6 is 0 Å². The number of likely N-dealkylation sites (N-methyl/N-ethyl adjacent to an activating group) is 1. The molecule has 2 heterocycles. The molecule has 1 aliphatic heterocycles. The summed E-state index contributed by atoms with van der Waals surface area (Å²) in [7, 11) is 7.65. The third-order valence-electron chi connectivity index (χ3n) is 6.46. The van der Waals surface area contributed by atoms with Gasteiger partial charge in [0.1, 0.15) is 11.4 Å². The lowest BCUT2D eigenvalue weighted by molar-refractivity contribution is -0.122. The molecule has 1 aliphatic carbocycles. The highest BCUT2D eigenvalue weighted by Gasteiger charge is 2.44. The summed E-state index contributed by atoms with van der Waals surface area (Å²) in [5, 5.41) is 7.81. The van der Waals surface area contributed by atoms with Crippen molar-refractivity contribution >= 4 is 23.3 Å². The molecule has 1 N–H and O–H groups in total. The van der Waals surface area contributed by atoms with Crippen LogP contribution in [0.15, 0.2) is 30.3 Å². The lowest BCUT2D eigenvalue weighted by atomic mass is 9.77. The molecular formula is C23H31N3O5. The Morgan fingerprint density at radius 3 is 2.45 bits per heavy atom. The quantitative estimate of drug-likeness (QED) is 0.746. The summed E-state index contributed by atoms with van der Waals surface area (Å²) in [6, 6.07) is 9.94. The van der Waals surface area contributed by atoms with Gasteiger partial charge in [-0.25, -0.2) is 4.98 Å². The van der Waals surface area contributed by atoms with E-state index >= 15 is 0 Å². The van der Waals surface area contributed by atoms with E-state index in [4.69, 9.17) is 19.4 Å². The second-order valence-corrected chi connectivity index (χ2v) is 8.34. The number of likely N-dealkylation sites (tertiary alicyclic amines) is 1. The van der Waals surface area contributed by atoms with Gasteiger partial charge in [-0.1, -0.05) is 12.1 Å². The molecule has 2 aliphatic rings. The van der Waals surface area contributed by atoms with E-state index in [1.807, 2.05) is 29.2 Å². The van der Waals surface area contributed by atoms with Crippen LogP contribution in [0, 0.1) is 11.8 Å². The van der Waals surface area contributed by atoms with Gasteiger partial charge in [0.2, 0.25) is 0 Å². The summed E-state index contributed by atoms with van der Waals surface area (Å²) in [6.07, 6.45) is 2.29. The molecule has 0 unspecified atom stereocenters. The second-order valence-electron chi connectivity index (χ2n) is 8.34. The molecular weight excluding hydrogens is 398 g/mol. The highest BCUT2D eigenvalue weighted by molar-refractivity contribution is 5.97. The van der Waals surface area contributed by atoms with E-state index in [2.05, 4.69) is 24.0 Å². The van der Waals surface area contributed by atoms with Gasteiger partial charge in [-0.2, -0.15) is 0 Å². The Labute approximate surface area is 182 Å². The Kier molecular flexibility index (Phi) is 7.46. The first-order chi connectivity index (χ1) is 14.9. The zero-order valence-electron chi connectivity index (χ0n) is 18.5. The third-order valence-corrected chi connectivity index (χ3v) is 6.46. The predicted molar refractivity (Wildman–Crippen MR) is 117 cm³/mol. The highest BCUT2D eigenvalue weighted by Crippen LogP contribution is 2.39. The zero-order chi connectivity index (χ0) is 22.5. The molecule has 0 radical (unpaired) electrons. The first-order valence-electron chi connectivity index (χ1n) is 10.4. The van der Waals surface area contributed by atoms with Crippen LogP contribution in [0.3, 0.4) is 0 Å². The molecule has 168 valence electrons. The number of hydrogen-bond acceptors (Lipinski definition) is 6. The average Bonchev–Trinajstić information content (AvgIpc) is 3.20. The molecule has 0 bridgehead atoms. The molecule has 2 fully saturated rings. The lowest BCUT2D eigenvalue weighted by Crippen LogP contribution is -2.47. The van der Waals surface area contributed by atoms with Crippen molar-refractivity contribution in [3.05, 3.63) is 36.0 Å². The summed E-state index contributed by atoms with van der Waals surface area (Å²) in [4.78, 5) is 30.4. The Bertz CT molecular complexity index is 919. The summed E-state index contributed by atoms with van der Waals surface area (Å²) < 4.78 is 11.3. The molecule has 8 heteroatoms. The van der Waals surface area contributed by atoms with Crippen LogP contribution < -0.4 is 4.74 Å². The predicted octanol–water partition coefficient (Wildman–Crippen LogP) is 2.37. The maximum Gasteiger partial charge on any atom is 0.290 e. The van der Waals surface area contributed by atoms with Crippen molar-refractivity contribution in [3.8, 4) is 5.75 Å². The van der Waals surface area contributed by atoms with E-state index in [1.165, 1.54) is 0 Å². The number of pyridine rings is 1. The second kappa shape index (κ2) is 10.1. The number of amides is 1. The number of hydrogen-bond donors (Lipinski definition) is 1. The first kappa shape index (κ1) is 23.0. The molecule has 0 spiro atoms. The zero-order valence-corrected chi connectivity index (χ0v) is 18.5. The molecule has 2 aromatic rings. The van der Waals surface area contributed by atoms with Crippen molar-refractivity contribution in [2.45, 2.75) is 25.0 Å². The summed E-state index contributed by atoms with van der Waals surface area (Å²) in [5.41, 5.74) is 1.25. The van der Waals surface area contributed by atoms with Crippen LogP contribution in [0.1, 0.15) is 23.3 Å². The van der Waals surface area contributed by atoms with Crippen molar-refractivity contribution < 1.29 is 24.2 Å². The van der Waals surface area contributed by atoms with Gasteiger partial charge in [0.25, 0.3) is 12.4 Å². The number of methoxy groups -OCH3 is 2. The number of carbonyl (C=O) groups excluding carboxylic acids is 1. The largest absolute Gasteiger partial charge is 0.496 e. The van der Waals surface area contributed by atoms with Gasteiger partial charge < -0.3 is 24.4 Å². The van der Waals surface area contributed by atoms with Gasteiger partial charge in [0.05, 0.1) is 18.7 Å². The normalized spacial score (nSPS) is 25.0. The Hall–Kier alpha value is -2.71. The van der Waals surface area contributed by atoms with Crippen molar-refractivity contribution in [2.24, 2.45) is 11.8 Å². The van der Waals surface area contributed by atoms with Gasteiger partial charge in [0.15, 0.2) is 0 Å². The third kappa shape index (κ3) is 4.80. The van der Waals surface area contributed by atoms with Crippen molar-refractivity contribution in [1.82, 2.24) is 14.8 Å². The lowest BCUT2D eigenvalue weighted by Gasteiger charge is -2.40. The number of carbonyl (C=O) groups is 2. The summed E-state index contributed by atoms with van der Waals surface area (Å²) >= 11 is 0. The van der Waals surface area contributed by atoms with E-state index in [0.29, 0.717) is 29.3 Å². The van der Waals surface area contributed by atoms with E-state index in [9.17, 15) is 4.79 Å². The smallest absolute Gasteiger partial charge is 0.290 e. The minimum atomic E-state index is -0.250. The fourth-order valence-corrected chi connectivity index (χ4v) is 4.94. The summed E-state index contributed by atoms with van der Waals surface area (Å²) in [6.45, 7) is 1.32. The van der Waals surface area contributed by atoms with E-state index in [-0.39, 0.29) is 18.5 Å². The molecule has 4 atom stereocenters. The Balaban J connectivity index is 0.000000858. The number of ether oxygens (including phenoxy) is 2. The number of carboxylic acid groups (broad SMARTS) is 1. The Morgan fingerprint density at radius 2 is 1.84 bits per heavy atom. The van der Waals surface area contributed by atoms with Crippen LogP contribution in [0.5, 0.6) is 5.75 Å². The fraction of sp³-hybridized carbons (Fsp3) is 0.522. The van der Waals surface area contributed by atoms with E-state index < -0.39 is 0 Å². The van der Waals surface area contributed by atoms with Gasteiger partial charge in [-0.15, -0.1) is 0 Å². The number of nitrogens with zero attached hydrogens (tertiary/aromatic N) is 3. The monoisotopic (exact) mass is 429 g/mol. The molecule has 31 heavy (non-hydrogen) atoms. The van der Waals surface area contributed by atoms with E-state index in [1.54, 1.807) is 20.3 Å². The topological polar surface area (TPSA) is 92.2 Å². The molecule has 1 saturated carbocycles. The maximum atomic E-state index is 13.2. The van der Waals surface area contributed by atoms with Crippen molar-refractivity contribution in [2.75, 3.05) is 41.4 Å². The number of aromatic nitrogens is 1. The van der Waals surface area contributed by atoms with Crippen LogP contribution in [-0.4, -0.2) is 85.8 Å². The van der Waals surface area contributed by atoms with Crippen molar-refractivity contribution in [1.29, 1.82) is 0 Å². The SMILES string of the molecule is COc1cc(C(=O)N2C[C@H]3C[C@@H](N(C)C)[C@H](OC)C[C@H]3C2)nc2ccccc12.O=CO. The summed E-state index contributed by atoms with van der Waals surface area (Å²) in [5.74, 6) is 1.70. The van der Waals surface area contributed by atoms with E-state index in [0.717, 1.165) is 36.8 Å². The first-order valence-corrected chi connectivity index (χ1v) is 10.4. The minimum Gasteiger partial charge on any atom is -0.496 e. The highest BCUT2D eigenvalue weighted by atomic mass is 16.5. The molecule has 4 rings (SSSR count). The number of para-hydroxylation sites is 1. The fourth-order valence-electron chi connectivity index (χ4n) is 4.94. The number of rotatable bonds is 4. The van der Waals surface area contributed by atoms with Gasteiger partial charge in [-0.3, -0.25) is 9.59 Å². The van der Waals surface area contributed by atoms with Crippen LogP contribution in [0.4, 0.5) is 0 Å². The molecule has 1 saturated heterocycles. The molecule has 1 aromatic carbocycles. The molecule has 1 aromatic heterocycles. The standard InChI is InChI=1S/C22H29N3O3.CH2O2/c1-24(2)19-9-14-12-25(13-15(14)10-21(19)28-4)22(26)18-11-20(27-3)16-7-5-6-8-17(16)23-18;2-1-3/h5-8,11,14-15,19,21H,9-10,12-13H2,1-4H3;1H,(H,2,3)/t14-,15+,19-,21-;/m1./s1. The number of benzene rings is 1. The van der Waals surface area contributed by atoms with Crippen LogP contribution in [-0.2, 0) is 9.53 Å². The van der Waals surface area contributed by atoms with Gasteiger partial charge >= 0.3 is 0 Å². The van der Waals surface area contributed by atoms with Crippen LogP contribution in [0.2, 0.25) is 0 Å². The molecule has 1 amide bonds.